The van der Waals surface area contributed by atoms with Crippen LogP contribution in [0.5, 0.6) is 0 Å². The van der Waals surface area contributed by atoms with Gasteiger partial charge in [-0.1, -0.05) is 151 Å². The third-order valence-corrected chi connectivity index (χ3v) is 41.1. The van der Waals surface area contributed by atoms with Crippen molar-refractivity contribution in [2.45, 2.75) is 214 Å². The first-order valence-electron chi connectivity index (χ1n) is 24.3. The number of rotatable bonds is 38. The summed E-state index contributed by atoms with van der Waals surface area (Å²) in [4.78, 5) is 0. The summed E-state index contributed by atoms with van der Waals surface area (Å²) in [6, 6.07) is 21.8. The Hall–Kier alpha value is 1.24. The molecule has 0 amide bonds. The Bertz CT molecular complexity index is 996. The first kappa shape index (κ1) is 53.6. The van der Waals surface area contributed by atoms with Crippen LogP contribution in [0.3, 0.4) is 0 Å². The summed E-state index contributed by atoms with van der Waals surface area (Å²) in [5, 5.41) is 0. The van der Waals surface area contributed by atoms with E-state index in [1.165, 1.54) is 110 Å². The Kier molecular flexibility index (Phi) is 23.2. The molecule has 3 unspecified atom stereocenters. The average molecular weight is 936 g/mol. The molecule has 344 valence electrons. The minimum absolute atomic E-state index is 0.385. The molecule has 0 aromatic rings. The Balaban J connectivity index is 1.58. The Morgan fingerprint density at radius 2 is 0.586 bits per heavy atom. The fraction of sp³-hybridized carbons (Fsp3) is 1.00. The van der Waals surface area contributed by atoms with Gasteiger partial charge in [0.25, 0.3) is 0 Å². The van der Waals surface area contributed by atoms with Crippen LogP contribution in [0.4, 0.5) is 0 Å². The van der Waals surface area contributed by atoms with Crippen molar-refractivity contribution < 1.29 is 32.8 Å². The van der Waals surface area contributed by atoms with Gasteiger partial charge in [0, 0.05) is 74.9 Å². The minimum atomic E-state index is -1.89. The first-order valence-corrected chi connectivity index (χ1v) is 47.3. The van der Waals surface area contributed by atoms with Crippen molar-refractivity contribution in [2.75, 3.05) is 66.1 Å². The van der Waals surface area contributed by atoms with Crippen LogP contribution in [0.15, 0.2) is 0 Å². The largest absolute Gasteiger partial charge is 0.417 e. The normalized spacial score (nSPS) is 21.4. The van der Waals surface area contributed by atoms with Gasteiger partial charge in [-0.3, -0.25) is 0 Å². The smallest absolute Gasteiger partial charge is 0.191 e. The predicted octanol–water partition coefficient (Wildman–Crippen LogP) is 12.6. The molecule has 3 heterocycles. The number of epoxide rings is 3. The third-order valence-electron chi connectivity index (χ3n) is 14.2. The first-order chi connectivity index (χ1) is 27.0. The van der Waals surface area contributed by atoms with Gasteiger partial charge in [-0.15, -0.1) is 0 Å². The van der Waals surface area contributed by atoms with Crippen molar-refractivity contribution in [1.82, 2.24) is 0 Å². The van der Waals surface area contributed by atoms with Gasteiger partial charge in [0.2, 0.25) is 0 Å². The van der Waals surface area contributed by atoms with Crippen LogP contribution in [0.25, 0.3) is 0 Å². The summed E-state index contributed by atoms with van der Waals surface area (Å²) in [6.07, 6.45) is 4.83. The highest BCUT2D eigenvalue weighted by Gasteiger charge is 2.41. The highest BCUT2D eigenvalue weighted by Crippen LogP contribution is 2.39. The lowest BCUT2D eigenvalue weighted by atomic mass is 10.5. The maximum atomic E-state index is 7.31. The molecule has 0 aliphatic carbocycles. The molecule has 0 spiro atoms. The second-order valence-electron chi connectivity index (χ2n) is 24.0. The highest BCUT2D eigenvalue weighted by molar-refractivity contribution is 6.87. The zero-order valence-corrected chi connectivity index (χ0v) is 47.9. The molecule has 3 fully saturated rings. The van der Waals surface area contributed by atoms with Crippen LogP contribution in [-0.4, -0.2) is 141 Å². The second-order valence-corrected chi connectivity index (χ2v) is 60.1. The summed E-state index contributed by atoms with van der Waals surface area (Å²) in [5.41, 5.74) is 0. The molecule has 7 nitrogen and oxygen atoms in total. The number of hydrogen-bond donors (Lipinski definition) is 0. The van der Waals surface area contributed by atoms with Crippen LogP contribution in [0.1, 0.15) is 26.2 Å². The van der Waals surface area contributed by atoms with E-state index in [1.807, 2.05) is 0 Å². The molecule has 3 aliphatic heterocycles. The van der Waals surface area contributed by atoms with Gasteiger partial charge in [-0.2, -0.15) is 0 Å². The summed E-state index contributed by atoms with van der Waals surface area (Å²) in [6.45, 7) is 43.3. The van der Waals surface area contributed by atoms with Crippen molar-refractivity contribution in [3.8, 4) is 0 Å². The van der Waals surface area contributed by atoms with Gasteiger partial charge >= 0.3 is 0 Å². The molecule has 14 heteroatoms. The van der Waals surface area contributed by atoms with Crippen molar-refractivity contribution in [3.63, 3.8) is 0 Å². The number of hydrogen-bond acceptors (Lipinski definition) is 7. The molecule has 0 saturated carbocycles. The van der Waals surface area contributed by atoms with Crippen LogP contribution >= 0.6 is 0 Å². The zero-order valence-electron chi connectivity index (χ0n) is 40.9. The van der Waals surface area contributed by atoms with E-state index >= 15 is 0 Å². The molecule has 3 rings (SSSR count). The third kappa shape index (κ3) is 26.1. The fourth-order valence-electron chi connectivity index (χ4n) is 8.47. The van der Waals surface area contributed by atoms with E-state index in [0.717, 1.165) is 66.1 Å². The van der Waals surface area contributed by atoms with Crippen LogP contribution < -0.4 is 0 Å². The van der Waals surface area contributed by atoms with E-state index in [0.29, 0.717) is 18.3 Å². The van der Waals surface area contributed by atoms with E-state index < -0.39 is 56.8 Å². The monoisotopic (exact) mass is 935 g/mol. The quantitative estimate of drug-likeness (QED) is 0.0347. The average Bonchev–Trinajstić information content (AvgIpc) is 3.98. The molecule has 0 aromatic carbocycles. The lowest BCUT2D eigenvalue weighted by Crippen LogP contribution is -2.45. The lowest BCUT2D eigenvalue weighted by Gasteiger charge is -2.39. The molecule has 0 radical (unpaired) electrons. The predicted molar refractivity (Wildman–Crippen MR) is 270 cm³/mol. The fourth-order valence-corrected chi connectivity index (χ4v) is 44.9. The van der Waals surface area contributed by atoms with Crippen LogP contribution in [0.2, 0.25) is 169 Å². The minimum Gasteiger partial charge on any atom is -0.417 e. The number of ether oxygens (including phenoxy) is 6. The van der Waals surface area contributed by atoms with E-state index in [-0.39, 0.29) is 0 Å². The van der Waals surface area contributed by atoms with Crippen molar-refractivity contribution in [2.24, 2.45) is 0 Å². The van der Waals surface area contributed by atoms with Gasteiger partial charge in [-0.25, -0.2) is 0 Å². The standard InChI is InChI=1S/C44H98O7Si7/c1-14-51-58(33-30-55(8,9)27-24-52(2,3)21-15-18-45-36-42-39-48-42,34-31-56(10,11)28-25-53(4,5)22-16-19-46-37-43-40-49-43)35-32-57(12,13)29-26-54(6,7)23-17-20-47-38-44-41-50-44/h42-44H,14-41H2,1-13H3. The molecule has 0 aromatic heterocycles. The molecule has 3 saturated heterocycles. The molecule has 3 atom stereocenters. The second kappa shape index (κ2) is 25.1. The van der Waals surface area contributed by atoms with Gasteiger partial charge in [-0.05, 0) is 44.3 Å². The molecule has 0 bridgehead atoms. The van der Waals surface area contributed by atoms with E-state index in [9.17, 15) is 0 Å². The summed E-state index contributed by atoms with van der Waals surface area (Å²) in [5.74, 6) is 0. The molecular weight excluding hydrogens is 837 g/mol. The summed E-state index contributed by atoms with van der Waals surface area (Å²) in [7, 11) is -9.61. The molecule has 3 aliphatic rings. The van der Waals surface area contributed by atoms with Gasteiger partial charge in [0.15, 0.2) is 8.32 Å². The molecule has 58 heavy (non-hydrogen) atoms. The SMILES string of the molecule is CCO[Si](CC[Si](C)(C)CC[Si](C)(C)CCCOCC1CO1)(CC[Si](C)(C)CC[Si](C)(C)CCCOCC1CO1)CC[Si](C)(C)CC[Si](C)(C)CCCOCC1CO1. The highest BCUT2D eigenvalue weighted by atomic mass is 28.4. The van der Waals surface area contributed by atoms with Crippen molar-refractivity contribution >= 4 is 56.8 Å². The maximum absolute atomic E-state index is 7.31. The Labute approximate surface area is 367 Å². The molecular formula is C44H98O7Si7. The Morgan fingerprint density at radius 3 is 0.810 bits per heavy atom. The summed E-state index contributed by atoms with van der Waals surface area (Å²) < 4.78 is 41.0. The van der Waals surface area contributed by atoms with Gasteiger partial charge in [0.05, 0.1) is 39.6 Å². The van der Waals surface area contributed by atoms with E-state index in [1.54, 1.807) is 0 Å². The summed E-state index contributed by atoms with van der Waals surface area (Å²) >= 11 is 0. The zero-order chi connectivity index (χ0) is 43.0. The van der Waals surface area contributed by atoms with Crippen molar-refractivity contribution in [1.29, 1.82) is 0 Å². The molecule has 0 N–H and O–H groups in total. The van der Waals surface area contributed by atoms with E-state index in [4.69, 9.17) is 32.8 Å². The van der Waals surface area contributed by atoms with E-state index in [2.05, 4.69) is 85.5 Å². The Morgan fingerprint density at radius 1 is 0.362 bits per heavy atom. The van der Waals surface area contributed by atoms with Crippen molar-refractivity contribution in [3.05, 3.63) is 0 Å². The van der Waals surface area contributed by atoms with Crippen LogP contribution in [-0.2, 0) is 32.8 Å². The topological polar surface area (TPSA) is 74.5 Å². The lowest BCUT2D eigenvalue weighted by molar-refractivity contribution is 0.117. The van der Waals surface area contributed by atoms with Crippen LogP contribution in [0, 0.1) is 0 Å². The van der Waals surface area contributed by atoms with Gasteiger partial charge in [0.1, 0.15) is 18.3 Å². The van der Waals surface area contributed by atoms with Gasteiger partial charge < -0.3 is 32.8 Å². The maximum Gasteiger partial charge on any atom is 0.191 e.